The van der Waals surface area contributed by atoms with Crippen molar-refractivity contribution in [3.05, 3.63) is 57.9 Å². The summed E-state index contributed by atoms with van der Waals surface area (Å²) in [6.07, 6.45) is -9.56. The van der Waals surface area contributed by atoms with Crippen LogP contribution in [-0.2, 0) is 22.2 Å². The van der Waals surface area contributed by atoms with Crippen LogP contribution in [0, 0.1) is 11.3 Å². The minimum atomic E-state index is -5.05. The lowest BCUT2D eigenvalue weighted by Gasteiger charge is -2.14. The van der Waals surface area contributed by atoms with Crippen LogP contribution in [0.3, 0.4) is 0 Å². The number of alkyl halides is 6. The van der Waals surface area contributed by atoms with Crippen LogP contribution in [0.1, 0.15) is 11.1 Å². The molecule has 4 nitrogen and oxygen atoms in total. The van der Waals surface area contributed by atoms with Crippen molar-refractivity contribution in [2.75, 3.05) is 5.32 Å². The topological polar surface area (TPSA) is 70.0 Å². The molecule has 0 saturated heterocycles. The maximum absolute atomic E-state index is 12.8. The Kier molecular flexibility index (Phi) is 5.58. The van der Waals surface area contributed by atoms with Gasteiger partial charge in [0.05, 0.1) is 11.1 Å². The molecule has 12 heteroatoms. The Labute approximate surface area is 153 Å². The van der Waals surface area contributed by atoms with E-state index in [0.29, 0.717) is 18.3 Å². The molecule has 0 aliphatic heterocycles. The van der Waals surface area contributed by atoms with Crippen molar-refractivity contribution in [3.8, 4) is 6.07 Å². The van der Waals surface area contributed by atoms with Crippen LogP contribution in [0.4, 0.5) is 32.0 Å². The van der Waals surface area contributed by atoms with Crippen molar-refractivity contribution in [3.63, 3.8) is 0 Å². The lowest BCUT2D eigenvalue weighted by atomic mass is 10.1. The maximum Gasteiger partial charge on any atom is 0.416 e. The van der Waals surface area contributed by atoms with E-state index in [1.54, 1.807) is 0 Å². The monoisotopic (exact) mass is 426 g/mol. The SMILES string of the molecule is N#C/C(=C\Nc1cc(C(F)(F)F)cc(C(F)(F)F)c1)S(=O)(=O)c1cccs1. The van der Waals surface area contributed by atoms with Crippen molar-refractivity contribution >= 4 is 26.9 Å². The Morgan fingerprint density at radius 3 is 2.04 bits per heavy atom. The van der Waals surface area contributed by atoms with E-state index in [-0.39, 0.29) is 10.3 Å². The predicted octanol–water partition coefficient (Wildman–Crippen LogP) is 5.04. The Bertz CT molecular complexity index is 968. The number of hydrogen-bond donors (Lipinski definition) is 1. The molecule has 2 rings (SSSR count). The molecule has 0 atom stereocenters. The number of hydrogen-bond acceptors (Lipinski definition) is 5. The first-order chi connectivity index (χ1) is 12.4. The standard InChI is InChI=1S/C15H8F6N2O2S2/c16-14(17,18)9-4-10(15(19,20)21)6-11(5-9)23-8-12(7-22)27(24,25)13-2-1-3-26-13/h1-6,8,23H/b12-8+. The molecule has 0 aliphatic rings. The van der Waals surface area contributed by atoms with Crippen molar-refractivity contribution in [2.24, 2.45) is 0 Å². The Balaban J connectivity index is 2.47. The smallest absolute Gasteiger partial charge is 0.360 e. The summed E-state index contributed by atoms with van der Waals surface area (Å²) < 4.78 is 101. The van der Waals surface area contributed by atoms with Gasteiger partial charge in [0.1, 0.15) is 10.3 Å². The van der Waals surface area contributed by atoms with Crippen molar-refractivity contribution in [1.29, 1.82) is 5.26 Å². The first-order valence-electron chi connectivity index (χ1n) is 6.80. The second-order valence-electron chi connectivity index (χ2n) is 4.99. The van der Waals surface area contributed by atoms with Crippen LogP contribution in [0.2, 0.25) is 0 Å². The number of thiophene rings is 1. The van der Waals surface area contributed by atoms with Crippen LogP contribution in [-0.4, -0.2) is 8.42 Å². The largest absolute Gasteiger partial charge is 0.416 e. The molecule has 1 aromatic carbocycles. The zero-order valence-electron chi connectivity index (χ0n) is 12.9. The summed E-state index contributed by atoms with van der Waals surface area (Å²) in [7, 11) is -4.24. The van der Waals surface area contributed by atoms with Gasteiger partial charge in [0, 0.05) is 11.9 Å². The average Bonchev–Trinajstić information content (AvgIpc) is 3.08. The average molecular weight is 426 g/mol. The van der Waals surface area contributed by atoms with Gasteiger partial charge in [0.15, 0.2) is 4.91 Å². The highest BCUT2D eigenvalue weighted by molar-refractivity contribution is 7.97. The van der Waals surface area contributed by atoms with Gasteiger partial charge in [0.25, 0.3) is 0 Å². The highest BCUT2D eigenvalue weighted by atomic mass is 32.2. The molecular formula is C15H8F6N2O2S2. The molecule has 0 spiro atoms. The summed E-state index contributed by atoms with van der Waals surface area (Å²) in [4.78, 5) is -0.865. The number of nitrogens with zero attached hydrogens (tertiary/aromatic N) is 1. The van der Waals surface area contributed by atoms with E-state index >= 15 is 0 Å². The lowest BCUT2D eigenvalue weighted by Crippen LogP contribution is -2.12. The third-order valence-electron chi connectivity index (χ3n) is 3.12. The van der Waals surface area contributed by atoms with Gasteiger partial charge in [-0.2, -0.15) is 31.6 Å². The van der Waals surface area contributed by atoms with E-state index in [9.17, 15) is 34.8 Å². The quantitative estimate of drug-likeness (QED) is 0.550. The second kappa shape index (κ2) is 7.24. The van der Waals surface area contributed by atoms with Gasteiger partial charge in [0.2, 0.25) is 9.84 Å². The zero-order chi connectivity index (χ0) is 20.5. The number of nitrogens with one attached hydrogen (secondary N) is 1. The molecule has 144 valence electrons. The zero-order valence-corrected chi connectivity index (χ0v) is 14.5. The number of rotatable bonds is 4. The van der Waals surface area contributed by atoms with E-state index in [1.165, 1.54) is 23.6 Å². The van der Waals surface area contributed by atoms with Crippen LogP contribution in [0.25, 0.3) is 0 Å². The molecule has 1 aromatic heterocycles. The Hall–Kier alpha value is -2.52. The third kappa shape index (κ3) is 4.81. The molecule has 0 aliphatic carbocycles. The van der Waals surface area contributed by atoms with Gasteiger partial charge in [-0.15, -0.1) is 11.3 Å². The summed E-state index contributed by atoms with van der Waals surface area (Å²) >= 11 is 0.802. The fourth-order valence-corrected chi connectivity index (χ4v) is 4.08. The van der Waals surface area contributed by atoms with Crippen molar-refractivity contribution in [2.45, 2.75) is 16.6 Å². The van der Waals surface area contributed by atoms with E-state index < -0.39 is 43.9 Å². The van der Waals surface area contributed by atoms with E-state index in [2.05, 4.69) is 0 Å². The van der Waals surface area contributed by atoms with E-state index in [4.69, 9.17) is 5.26 Å². The van der Waals surface area contributed by atoms with Gasteiger partial charge in [-0.05, 0) is 29.6 Å². The second-order valence-corrected chi connectivity index (χ2v) is 8.09. The number of sulfone groups is 1. The molecule has 0 fully saturated rings. The molecule has 0 amide bonds. The van der Waals surface area contributed by atoms with Gasteiger partial charge >= 0.3 is 12.4 Å². The third-order valence-corrected chi connectivity index (χ3v) is 6.18. The molecular weight excluding hydrogens is 418 g/mol. The number of halogens is 6. The van der Waals surface area contributed by atoms with Crippen molar-refractivity contribution in [1.82, 2.24) is 0 Å². The summed E-state index contributed by atoms with van der Waals surface area (Å²) in [5.41, 5.74) is -3.83. The molecule has 0 unspecified atom stereocenters. The molecule has 2 aromatic rings. The number of allylic oxidation sites excluding steroid dienone is 1. The van der Waals surface area contributed by atoms with Gasteiger partial charge in [-0.25, -0.2) is 8.42 Å². The highest BCUT2D eigenvalue weighted by Crippen LogP contribution is 2.37. The summed E-state index contributed by atoms with van der Waals surface area (Å²) in [5, 5.41) is 12.5. The lowest BCUT2D eigenvalue weighted by molar-refractivity contribution is -0.143. The number of benzene rings is 1. The van der Waals surface area contributed by atoms with Gasteiger partial charge < -0.3 is 5.32 Å². The minimum Gasteiger partial charge on any atom is -0.360 e. The van der Waals surface area contributed by atoms with Crippen LogP contribution in [0.5, 0.6) is 0 Å². The molecule has 0 bridgehead atoms. The molecule has 1 heterocycles. The van der Waals surface area contributed by atoms with Gasteiger partial charge in [-0.3, -0.25) is 0 Å². The molecule has 1 N–H and O–H groups in total. The normalized spacial score (nSPS) is 13.3. The Morgan fingerprint density at radius 1 is 1.07 bits per heavy atom. The maximum atomic E-state index is 12.8. The summed E-state index contributed by atoms with van der Waals surface area (Å²) in [5.74, 6) is 0. The predicted molar refractivity (Wildman–Crippen MR) is 85.3 cm³/mol. The number of anilines is 1. The van der Waals surface area contributed by atoms with Crippen LogP contribution < -0.4 is 5.32 Å². The van der Waals surface area contributed by atoms with E-state index in [1.807, 2.05) is 5.32 Å². The van der Waals surface area contributed by atoms with Crippen LogP contribution >= 0.6 is 11.3 Å². The fraction of sp³-hybridized carbons (Fsp3) is 0.133. The molecule has 27 heavy (non-hydrogen) atoms. The highest BCUT2D eigenvalue weighted by Gasteiger charge is 2.37. The summed E-state index contributed by atoms with van der Waals surface area (Å²) in [6.45, 7) is 0. The molecule has 0 saturated carbocycles. The molecule has 0 radical (unpaired) electrons. The van der Waals surface area contributed by atoms with Crippen LogP contribution in [0.15, 0.2) is 51.0 Å². The van der Waals surface area contributed by atoms with E-state index in [0.717, 1.165) is 11.3 Å². The number of nitriles is 1. The first kappa shape index (κ1) is 20.8. The Morgan fingerprint density at radius 2 is 1.63 bits per heavy atom. The fourth-order valence-electron chi connectivity index (χ4n) is 1.88. The summed E-state index contributed by atoms with van der Waals surface area (Å²) in [6, 6.07) is 4.65. The van der Waals surface area contributed by atoms with Gasteiger partial charge in [-0.1, -0.05) is 6.07 Å². The van der Waals surface area contributed by atoms with Crippen molar-refractivity contribution < 1.29 is 34.8 Å². The minimum absolute atomic E-state index is 0.0670. The first-order valence-corrected chi connectivity index (χ1v) is 9.17.